The average Bonchev–Trinajstić information content (AvgIpc) is 3.31. The van der Waals surface area contributed by atoms with Gasteiger partial charge in [-0.25, -0.2) is 4.39 Å². The lowest BCUT2D eigenvalue weighted by Gasteiger charge is -2.44. The van der Waals surface area contributed by atoms with Gasteiger partial charge in [-0.3, -0.25) is 19.2 Å². The number of amides is 1. The minimum Gasteiger partial charge on any atom is -0.469 e. The van der Waals surface area contributed by atoms with E-state index in [1.54, 1.807) is 0 Å². The number of piperidine rings is 1. The molecule has 8 nitrogen and oxygen atoms in total. The predicted molar refractivity (Wildman–Crippen MR) is 132 cm³/mol. The van der Waals surface area contributed by atoms with Crippen molar-refractivity contribution in [2.24, 2.45) is 11.7 Å². The number of hydrogen-bond acceptors (Lipinski definition) is 6. The Morgan fingerprint density at radius 1 is 1.25 bits per heavy atom. The molecule has 1 amide bonds. The van der Waals surface area contributed by atoms with E-state index in [4.69, 9.17) is 5.73 Å². The predicted octanol–water partition coefficient (Wildman–Crippen LogP) is 3.32. The van der Waals surface area contributed by atoms with E-state index in [1.807, 2.05) is 6.07 Å². The molecule has 1 saturated carbocycles. The summed E-state index contributed by atoms with van der Waals surface area (Å²) in [5.41, 5.74) is 5.86. The maximum atomic E-state index is 15.9. The van der Waals surface area contributed by atoms with Crippen LogP contribution in [0.25, 0.3) is 0 Å². The summed E-state index contributed by atoms with van der Waals surface area (Å²) in [6.45, 7) is 1.65. The van der Waals surface area contributed by atoms with Crippen molar-refractivity contribution >= 4 is 11.9 Å². The minimum absolute atomic E-state index is 0.0440. The second kappa shape index (κ2) is 11.2. The number of halogens is 1. The second-order valence-electron chi connectivity index (χ2n) is 10.1. The number of nitrogens with two attached hydrogens (primary N) is 1. The molecular formula is C27H34FN5O3. The second-order valence-corrected chi connectivity index (χ2v) is 10.1. The molecule has 1 aromatic heterocycles. The number of alkyl halides is 1. The van der Waals surface area contributed by atoms with Gasteiger partial charge in [0.05, 0.1) is 37.3 Å². The fourth-order valence-electron chi connectivity index (χ4n) is 5.79. The molecule has 2 atom stereocenters. The SMILES string of the molecule is COC(=O)Cc1nn(C2(CC#N)CCN(CC3CCC(c4ccccc4)CC3)CC2F)cc1C(N)=O. The lowest BCUT2D eigenvalue weighted by atomic mass is 9.78. The molecule has 192 valence electrons. The Labute approximate surface area is 211 Å². The molecule has 2 fully saturated rings. The molecule has 4 rings (SSSR count). The molecule has 2 heterocycles. The number of ether oxygens (including phenoxy) is 1. The van der Waals surface area contributed by atoms with E-state index in [1.165, 1.54) is 23.6 Å². The van der Waals surface area contributed by atoms with Crippen LogP contribution in [0.4, 0.5) is 4.39 Å². The van der Waals surface area contributed by atoms with Crippen LogP contribution in [-0.4, -0.2) is 59.5 Å². The summed E-state index contributed by atoms with van der Waals surface area (Å²) in [6.07, 6.45) is 4.57. The fourth-order valence-corrected chi connectivity index (χ4v) is 5.79. The Hall–Kier alpha value is -3.25. The van der Waals surface area contributed by atoms with Gasteiger partial charge < -0.3 is 10.5 Å². The number of aromatic nitrogens is 2. The number of esters is 1. The van der Waals surface area contributed by atoms with Crippen LogP contribution >= 0.6 is 0 Å². The molecule has 0 spiro atoms. The molecule has 0 bridgehead atoms. The van der Waals surface area contributed by atoms with Crippen molar-refractivity contribution < 1.29 is 18.7 Å². The first kappa shape index (κ1) is 25.8. The molecule has 0 radical (unpaired) electrons. The lowest BCUT2D eigenvalue weighted by Crippen LogP contribution is -2.55. The summed E-state index contributed by atoms with van der Waals surface area (Å²) >= 11 is 0. The molecule has 1 saturated heterocycles. The van der Waals surface area contributed by atoms with Gasteiger partial charge in [0.1, 0.15) is 11.7 Å². The smallest absolute Gasteiger partial charge is 0.311 e. The van der Waals surface area contributed by atoms with Gasteiger partial charge in [0.25, 0.3) is 5.91 Å². The molecule has 2 unspecified atom stereocenters. The highest BCUT2D eigenvalue weighted by Crippen LogP contribution is 2.39. The van der Waals surface area contributed by atoms with Crippen molar-refractivity contribution in [2.45, 2.75) is 62.6 Å². The number of hydrogen-bond donors (Lipinski definition) is 1. The van der Waals surface area contributed by atoms with Crippen LogP contribution in [0.2, 0.25) is 0 Å². The molecular weight excluding hydrogens is 461 g/mol. The van der Waals surface area contributed by atoms with Crippen molar-refractivity contribution in [3.05, 3.63) is 53.3 Å². The number of methoxy groups -OCH3 is 1. The maximum Gasteiger partial charge on any atom is 0.311 e. The topological polar surface area (TPSA) is 114 Å². The van der Waals surface area contributed by atoms with Gasteiger partial charge in [-0.2, -0.15) is 10.4 Å². The van der Waals surface area contributed by atoms with E-state index in [2.05, 4.69) is 45.1 Å². The van der Waals surface area contributed by atoms with Crippen molar-refractivity contribution in [3.63, 3.8) is 0 Å². The van der Waals surface area contributed by atoms with E-state index < -0.39 is 23.6 Å². The summed E-state index contributed by atoms with van der Waals surface area (Å²) in [7, 11) is 1.24. The number of rotatable bonds is 8. The van der Waals surface area contributed by atoms with Crippen molar-refractivity contribution in [2.75, 3.05) is 26.7 Å². The number of nitriles is 1. The van der Waals surface area contributed by atoms with Gasteiger partial charge in [0.15, 0.2) is 0 Å². The third-order valence-corrected chi connectivity index (χ3v) is 7.93. The van der Waals surface area contributed by atoms with E-state index >= 15 is 4.39 Å². The number of primary amides is 1. The van der Waals surface area contributed by atoms with Crippen LogP contribution in [0.3, 0.4) is 0 Å². The zero-order valence-electron chi connectivity index (χ0n) is 20.7. The molecule has 9 heteroatoms. The Balaban J connectivity index is 1.43. The van der Waals surface area contributed by atoms with Crippen LogP contribution in [0.1, 0.15) is 66.1 Å². The number of nitrogens with zero attached hydrogens (tertiary/aromatic N) is 4. The third-order valence-electron chi connectivity index (χ3n) is 7.93. The fraction of sp³-hybridized carbons (Fsp3) is 0.556. The quantitative estimate of drug-likeness (QED) is 0.562. The Kier molecular flexibility index (Phi) is 8.04. The molecule has 2 N–H and O–H groups in total. The highest BCUT2D eigenvalue weighted by molar-refractivity contribution is 5.94. The van der Waals surface area contributed by atoms with Gasteiger partial charge in [-0.05, 0) is 49.5 Å². The first-order valence-corrected chi connectivity index (χ1v) is 12.6. The zero-order chi connectivity index (χ0) is 25.7. The van der Waals surface area contributed by atoms with Gasteiger partial charge in [0, 0.05) is 25.8 Å². The summed E-state index contributed by atoms with van der Waals surface area (Å²) in [5.74, 6) is -0.213. The number of benzene rings is 1. The van der Waals surface area contributed by atoms with Crippen LogP contribution in [-0.2, 0) is 21.5 Å². The summed E-state index contributed by atoms with van der Waals surface area (Å²) in [4.78, 5) is 25.9. The van der Waals surface area contributed by atoms with Crippen molar-refractivity contribution in [1.29, 1.82) is 5.26 Å². The van der Waals surface area contributed by atoms with Gasteiger partial charge >= 0.3 is 5.97 Å². The largest absolute Gasteiger partial charge is 0.469 e. The van der Waals surface area contributed by atoms with E-state index in [9.17, 15) is 14.9 Å². The first-order chi connectivity index (χ1) is 17.4. The van der Waals surface area contributed by atoms with Gasteiger partial charge in [0.2, 0.25) is 0 Å². The molecule has 1 aromatic carbocycles. The molecule has 36 heavy (non-hydrogen) atoms. The van der Waals surface area contributed by atoms with E-state index in [0.29, 0.717) is 24.8 Å². The van der Waals surface area contributed by atoms with Crippen molar-refractivity contribution in [3.8, 4) is 6.07 Å². The standard InChI is InChI=1S/C27H34FN5O3/c1-36-25(34)15-23-22(26(30)35)17-33(31-23)27(11-13-29)12-14-32(18-24(27)28)16-19-7-9-21(10-8-19)20-5-3-2-4-6-20/h2-6,17,19,21,24H,7-12,14-16,18H2,1H3,(H2,30,35). The van der Waals surface area contributed by atoms with E-state index in [0.717, 1.165) is 32.2 Å². The van der Waals surface area contributed by atoms with Gasteiger partial charge in [-0.1, -0.05) is 30.3 Å². The summed E-state index contributed by atoms with van der Waals surface area (Å²) < 4.78 is 21.9. The molecule has 2 aromatic rings. The van der Waals surface area contributed by atoms with Crippen LogP contribution in [0, 0.1) is 17.2 Å². The van der Waals surface area contributed by atoms with Crippen molar-refractivity contribution in [1.82, 2.24) is 14.7 Å². The summed E-state index contributed by atoms with van der Waals surface area (Å²) in [6, 6.07) is 12.7. The van der Waals surface area contributed by atoms with Crippen LogP contribution < -0.4 is 5.73 Å². The lowest BCUT2D eigenvalue weighted by molar-refractivity contribution is -0.139. The zero-order valence-corrected chi connectivity index (χ0v) is 20.7. The number of likely N-dealkylation sites (tertiary alicyclic amines) is 1. The van der Waals surface area contributed by atoms with Gasteiger partial charge in [-0.15, -0.1) is 0 Å². The minimum atomic E-state index is -1.36. The molecule has 1 aliphatic carbocycles. The third kappa shape index (κ3) is 5.44. The van der Waals surface area contributed by atoms with E-state index in [-0.39, 0.29) is 30.6 Å². The first-order valence-electron chi connectivity index (χ1n) is 12.6. The molecule has 1 aliphatic heterocycles. The average molecular weight is 496 g/mol. The highest BCUT2D eigenvalue weighted by atomic mass is 19.1. The van der Waals surface area contributed by atoms with Crippen LogP contribution in [0.15, 0.2) is 36.5 Å². The molecule has 2 aliphatic rings. The maximum absolute atomic E-state index is 15.9. The number of carbonyl (C=O) groups excluding carboxylic acids is 2. The Bertz CT molecular complexity index is 1110. The normalized spacial score (nSPS) is 26.8. The summed E-state index contributed by atoms with van der Waals surface area (Å²) in [5, 5.41) is 13.9. The highest BCUT2D eigenvalue weighted by Gasteiger charge is 2.47. The number of carbonyl (C=O) groups is 2. The monoisotopic (exact) mass is 495 g/mol. The Morgan fingerprint density at radius 2 is 1.97 bits per heavy atom. The Morgan fingerprint density at radius 3 is 2.58 bits per heavy atom. The van der Waals surface area contributed by atoms with Crippen LogP contribution in [0.5, 0.6) is 0 Å².